The molecule has 0 radical (unpaired) electrons. The minimum atomic E-state index is -4.26. The molecule has 0 N–H and O–H groups in total. The van der Waals surface area contributed by atoms with Gasteiger partial charge in [0.25, 0.3) is 0 Å². The third-order valence-corrected chi connectivity index (χ3v) is 4.46. The number of nitrogens with zero attached hydrogens (tertiary/aromatic N) is 1. The maximum Gasteiger partial charge on any atom is 0.416 e. The van der Waals surface area contributed by atoms with Crippen molar-refractivity contribution in [2.75, 3.05) is 11.9 Å². The van der Waals surface area contributed by atoms with E-state index in [0.717, 1.165) is 29.9 Å². The van der Waals surface area contributed by atoms with Gasteiger partial charge >= 0.3 is 6.18 Å². The number of alkyl halides is 4. The molecule has 2 rings (SSSR count). The van der Waals surface area contributed by atoms with Gasteiger partial charge in [-0.15, -0.1) is 0 Å². The Hall–Kier alpha value is -0.550. The number of halogens is 4. The van der Waals surface area contributed by atoms with E-state index in [1.807, 2.05) is 0 Å². The molecule has 0 amide bonds. The minimum absolute atomic E-state index is 0.412. The second-order valence-corrected chi connectivity index (χ2v) is 5.80. The molecule has 0 saturated carbocycles. The third kappa shape index (κ3) is 3.51. The van der Waals surface area contributed by atoms with Crippen molar-refractivity contribution in [3.63, 3.8) is 0 Å². The Labute approximate surface area is 119 Å². The summed E-state index contributed by atoms with van der Waals surface area (Å²) in [5.74, 6) is 0.588. The highest BCUT2D eigenvalue weighted by atomic mass is 79.9. The fraction of sp³-hybridized carbons (Fsp3) is 0.571. The van der Waals surface area contributed by atoms with E-state index in [2.05, 4.69) is 27.8 Å². The lowest BCUT2D eigenvalue weighted by Crippen LogP contribution is -2.33. The summed E-state index contributed by atoms with van der Waals surface area (Å²) >= 11 is 3.49. The lowest BCUT2D eigenvalue weighted by molar-refractivity contribution is -0.137. The zero-order chi connectivity index (χ0) is 14.0. The molecule has 19 heavy (non-hydrogen) atoms. The normalized spacial score (nSPS) is 24.9. The molecule has 1 aromatic rings. The molecule has 0 aliphatic carbocycles. The number of hydrogen-bond acceptors (Lipinski definition) is 1. The van der Waals surface area contributed by atoms with Gasteiger partial charge in [-0.25, -0.2) is 0 Å². The van der Waals surface area contributed by atoms with Gasteiger partial charge in [0.15, 0.2) is 0 Å². The molecule has 2 atom stereocenters. The van der Waals surface area contributed by atoms with E-state index in [9.17, 15) is 13.2 Å². The van der Waals surface area contributed by atoms with Gasteiger partial charge in [0.1, 0.15) is 0 Å². The Balaban J connectivity index is 2.11. The summed E-state index contributed by atoms with van der Waals surface area (Å²) in [6.45, 7) is 3.73. The predicted octanol–water partition coefficient (Wildman–Crippen LogP) is 4.31. The summed E-state index contributed by atoms with van der Waals surface area (Å²) in [4.78, 5) is 2.26. The number of benzene rings is 1. The van der Waals surface area contributed by atoms with Crippen molar-refractivity contribution in [3.8, 4) is 0 Å². The van der Waals surface area contributed by atoms with Crippen LogP contribution >= 0.6 is 15.9 Å². The molecule has 2 unspecified atom stereocenters. The van der Waals surface area contributed by atoms with E-state index in [4.69, 9.17) is 0 Å². The Kier molecular flexibility index (Phi) is 4.56. The highest BCUT2D eigenvalue weighted by molar-refractivity contribution is 9.09. The van der Waals surface area contributed by atoms with Gasteiger partial charge in [-0.05, 0) is 30.5 Å². The molecule has 0 spiro atoms. The topological polar surface area (TPSA) is 3.24 Å². The predicted molar refractivity (Wildman–Crippen MR) is 73.2 cm³/mol. The Morgan fingerprint density at radius 1 is 1.37 bits per heavy atom. The van der Waals surface area contributed by atoms with Gasteiger partial charge < -0.3 is 0 Å². The van der Waals surface area contributed by atoms with Crippen LogP contribution in [-0.2, 0) is 12.7 Å². The summed E-state index contributed by atoms with van der Waals surface area (Å²) in [6, 6.07) is 6.05. The molecular weight excluding hydrogens is 319 g/mol. The van der Waals surface area contributed by atoms with Gasteiger partial charge in [0.05, 0.1) is 5.56 Å². The van der Waals surface area contributed by atoms with Crippen molar-refractivity contribution in [1.82, 2.24) is 4.90 Å². The first-order valence-corrected chi connectivity index (χ1v) is 7.50. The second kappa shape index (κ2) is 5.83. The Bertz CT molecular complexity index is 433. The molecule has 1 heterocycles. The van der Waals surface area contributed by atoms with Crippen molar-refractivity contribution in [3.05, 3.63) is 35.4 Å². The van der Waals surface area contributed by atoms with E-state index < -0.39 is 11.7 Å². The Morgan fingerprint density at radius 3 is 2.74 bits per heavy atom. The van der Waals surface area contributed by atoms with Gasteiger partial charge in [-0.3, -0.25) is 4.90 Å². The maximum atomic E-state index is 12.7. The quantitative estimate of drug-likeness (QED) is 0.744. The molecule has 1 saturated heterocycles. The van der Waals surface area contributed by atoms with Gasteiger partial charge in [0, 0.05) is 17.9 Å². The van der Waals surface area contributed by atoms with Gasteiger partial charge in [-0.1, -0.05) is 41.1 Å². The summed E-state index contributed by atoms with van der Waals surface area (Å²) < 4.78 is 38.0. The Morgan fingerprint density at radius 2 is 2.11 bits per heavy atom. The van der Waals surface area contributed by atoms with E-state index >= 15 is 0 Å². The minimum Gasteiger partial charge on any atom is -0.295 e. The van der Waals surface area contributed by atoms with Crippen molar-refractivity contribution >= 4 is 15.9 Å². The number of rotatable bonds is 3. The van der Waals surface area contributed by atoms with Crippen molar-refractivity contribution < 1.29 is 13.2 Å². The highest BCUT2D eigenvalue weighted by Gasteiger charge is 2.32. The summed E-state index contributed by atoms with van der Waals surface area (Å²) in [5.41, 5.74) is 0.169. The first kappa shape index (κ1) is 14.9. The lowest BCUT2D eigenvalue weighted by Gasteiger charge is -2.25. The van der Waals surface area contributed by atoms with E-state index in [1.54, 1.807) is 6.07 Å². The van der Waals surface area contributed by atoms with Gasteiger partial charge in [-0.2, -0.15) is 13.2 Å². The summed E-state index contributed by atoms with van der Waals surface area (Å²) in [7, 11) is 0. The first-order valence-electron chi connectivity index (χ1n) is 6.38. The molecule has 1 aliphatic heterocycles. The molecule has 1 nitrogen and oxygen atoms in total. The lowest BCUT2D eigenvalue weighted by atomic mass is 10.0. The average Bonchev–Trinajstić information content (AvgIpc) is 2.69. The molecule has 1 aromatic carbocycles. The standard InChI is InChI=1S/C14H17BrF3N/c1-10-5-6-19(13(10)8-15)9-11-3-2-4-12(7-11)14(16,17)18/h2-4,7,10,13H,5-6,8-9H2,1H3. The molecule has 1 aliphatic rings. The van der Waals surface area contributed by atoms with Crippen LogP contribution in [0.15, 0.2) is 24.3 Å². The second-order valence-electron chi connectivity index (χ2n) is 5.16. The van der Waals surface area contributed by atoms with Crippen LogP contribution in [0.25, 0.3) is 0 Å². The SMILES string of the molecule is CC1CCN(Cc2cccc(C(F)(F)F)c2)C1CBr. The van der Waals surface area contributed by atoms with Crippen LogP contribution in [0.3, 0.4) is 0 Å². The van der Waals surface area contributed by atoms with Crippen LogP contribution in [0.4, 0.5) is 13.2 Å². The van der Waals surface area contributed by atoms with E-state index in [1.165, 1.54) is 12.1 Å². The third-order valence-electron chi connectivity index (χ3n) is 3.80. The van der Waals surface area contributed by atoms with Crippen LogP contribution in [-0.4, -0.2) is 22.8 Å². The molecule has 0 aromatic heterocycles. The van der Waals surface area contributed by atoms with Crippen LogP contribution in [0.1, 0.15) is 24.5 Å². The van der Waals surface area contributed by atoms with Crippen LogP contribution in [0.5, 0.6) is 0 Å². The van der Waals surface area contributed by atoms with E-state index in [0.29, 0.717) is 18.5 Å². The molecule has 1 fully saturated rings. The number of hydrogen-bond donors (Lipinski definition) is 0. The van der Waals surface area contributed by atoms with Crippen molar-refractivity contribution in [2.24, 2.45) is 5.92 Å². The number of likely N-dealkylation sites (tertiary alicyclic amines) is 1. The maximum absolute atomic E-state index is 12.7. The zero-order valence-electron chi connectivity index (χ0n) is 10.8. The fourth-order valence-electron chi connectivity index (χ4n) is 2.61. The largest absolute Gasteiger partial charge is 0.416 e. The fourth-order valence-corrected chi connectivity index (χ4v) is 3.66. The molecule has 0 bridgehead atoms. The first-order chi connectivity index (χ1) is 8.91. The molecule has 5 heteroatoms. The smallest absolute Gasteiger partial charge is 0.295 e. The monoisotopic (exact) mass is 335 g/mol. The summed E-state index contributed by atoms with van der Waals surface area (Å²) in [5, 5.41) is 0.868. The van der Waals surface area contributed by atoms with Crippen molar-refractivity contribution in [2.45, 2.75) is 32.1 Å². The van der Waals surface area contributed by atoms with Gasteiger partial charge in [0.2, 0.25) is 0 Å². The molecule has 106 valence electrons. The molecular formula is C14H17BrF3N. The summed E-state index contributed by atoms with van der Waals surface area (Å²) in [6.07, 6.45) is -3.15. The van der Waals surface area contributed by atoms with Crippen LogP contribution < -0.4 is 0 Å². The van der Waals surface area contributed by atoms with Crippen LogP contribution in [0, 0.1) is 5.92 Å². The highest BCUT2D eigenvalue weighted by Crippen LogP contribution is 2.31. The zero-order valence-corrected chi connectivity index (χ0v) is 12.3. The van der Waals surface area contributed by atoms with Crippen molar-refractivity contribution in [1.29, 1.82) is 0 Å². The van der Waals surface area contributed by atoms with Crippen LogP contribution in [0.2, 0.25) is 0 Å². The van der Waals surface area contributed by atoms with E-state index in [-0.39, 0.29) is 0 Å². The average molecular weight is 336 g/mol.